The van der Waals surface area contributed by atoms with Crippen LogP contribution in [-0.4, -0.2) is 35.0 Å². The van der Waals surface area contributed by atoms with E-state index in [1.54, 1.807) is 0 Å². The van der Waals surface area contributed by atoms with Crippen molar-refractivity contribution in [2.45, 2.75) is 142 Å². The topological polar surface area (TPSA) is 0 Å². The fraction of sp³-hybridized carbons (Fsp3) is 0.867. The normalized spacial score (nSPS) is 18.4. The molecule has 2 fully saturated rings. The molecule has 212 valence electrons. The summed E-state index contributed by atoms with van der Waals surface area (Å²) in [6, 6.07) is 0. The second kappa shape index (κ2) is 23.5. The Bertz CT molecular complexity index is 460. The maximum atomic E-state index is 4.81. The van der Waals surface area contributed by atoms with Crippen molar-refractivity contribution in [3.05, 3.63) is 24.3 Å². The number of hydrogen-bond acceptors (Lipinski definition) is 0. The molecule has 2 saturated carbocycles. The zero-order chi connectivity index (χ0) is 26.6. The van der Waals surface area contributed by atoms with Crippen LogP contribution in [0.2, 0.25) is 0 Å². The Morgan fingerprint density at radius 2 is 0.829 bits per heavy atom. The van der Waals surface area contributed by atoms with Crippen LogP contribution in [0, 0.1) is 11.8 Å². The first-order valence-electron chi connectivity index (χ1n) is 14.5. The van der Waals surface area contributed by atoms with E-state index in [9.17, 15) is 0 Å². The first-order valence-corrected chi connectivity index (χ1v) is 22.2. The number of allylic oxidation sites excluding steroid dienone is 4. The van der Waals surface area contributed by atoms with Crippen LogP contribution in [0.5, 0.6) is 0 Å². The number of rotatable bonds is 10. The predicted octanol–water partition coefficient (Wildman–Crippen LogP) is 11.7. The third-order valence-corrected chi connectivity index (χ3v) is 15.1. The third kappa shape index (κ3) is 19.3. The Kier molecular flexibility index (Phi) is 24.5. The minimum atomic E-state index is -0.166. The Morgan fingerprint density at radius 1 is 0.571 bits per heavy atom. The van der Waals surface area contributed by atoms with Crippen LogP contribution in [0.25, 0.3) is 0 Å². The van der Waals surface area contributed by atoms with Crippen molar-refractivity contribution in [1.82, 2.24) is 0 Å². The molecular weight excluding hydrogens is 600 g/mol. The fourth-order valence-electron chi connectivity index (χ4n) is 5.72. The van der Waals surface area contributed by atoms with Crippen molar-refractivity contribution < 1.29 is 15.9 Å². The monoisotopic (exact) mass is 658 g/mol. The molecule has 0 bridgehead atoms. The van der Waals surface area contributed by atoms with Crippen molar-refractivity contribution in [1.29, 1.82) is 0 Å². The summed E-state index contributed by atoms with van der Waals surface area (Å²) in [4.78, 5) is 0. The second-order valence-corrected chi connectivity index (χ2v) is 22.0. The van der Waals surface area contributed by atoms with Gasteiger partial charge >= 0.3 is 35.0 Å². The molecule has 0 heterocycles. The van der Waals surface area contributed by atoms with Gasteiger partial charge in [0.25, 0.3) is 0 Å². The zero-order valence-electron chi connectivity index (χ0n) is 24.3. The average molecular weight is 660 g/mol. The van der Waals surface area contributed by atoms with Gasteiger partial charge in [0.15, 0.2) is 0 Å². The first-order chi connectivity index (χ1) is 16.6. The molecule has 0 aromatic heterocycles. The molecule has 0 nitrogen and oxygen atoms in total. The first kappa shape index (κ1) is 36.6. The summed E-state index contributed by atoms with van der Waals surface area (Å²) in [5.41, 5.74) is 3.67. The molecule has 0 aliphatic heterocycles. The van der Waals surface area contributed by atoms with E-state index in [2.05, 4.69) is 79.7 Å². The van der Waals surface area contributed by atoms with E-state index in [4.69, 9.17) is 19.1 Å². The van der Waals surface area contributed by atoms with Gasteiger partial charge in [0.1, 0.15) is 0 Å². The molecule has 0 aromatic carbocycles. The zero-order valence-corrected chi connectivity index (χ0v) is 29.4. The average Bonchev–Trinajstić information content (AvgIpc) is 2.81. The molecule has 0 aromatic rings. The summed E-state index contributed by atoms with van der Waals surface area (Å²) in [7, 11) is 9.30. The van der Waals surface area contributed by atoms with E-state index in [-0.39, 0.29) is 31.8 Å². The quantitative estimate of drug-likeness (QED) is 0.124. The van der Waals surface area contributed by atoms with Gasteiger partial charge in [-0.05, 0) is 92.9 Å². The molecule has 0 amide bonds. The summed E-state index contributed by atoms with van der Waals surface area (Å²) in [5, 5.41) is 0. The van der Waals surface area contributed by atoms with Crippen LogP contribution in [0.3, 0.4) is 0 Å². The van der Waals surface area contributed by atoms with Crippen molar-refractivity contribution >= 4 is 34.9 Å². The standard InChI is InChI=1S/2C15H29P.2ClH.Pd/c2*1-13(2)16(14(3)4)12-8-11-15-9-6-5-7-10-15;;;/h2*8,11,13-15H,5-7,9-10,12H2,1-4H3;2*1H;/q;;;;+2. The van der Waals surface area contributed by atoms with Gasteiger partial charge < -0.3 is 0 Å². The van der Waals surface area contributed by atoms with Crippen LogP contribution >= 0.6 is 34.9 Å². The van der Waals surface area contributed by atoms with Crippen molar-refractivity contribution in [2.75, 3.05) is 12.3 Å². The summed E-state index contributed by atoms with van der Waals surface area (Å²) in [6.07, 6.45) is 27.4. The van der Waals surface area contributed by atoms with Gasteiger partial charge in [0, 0.05) is 15.8 Å². The summed E-state index contributed by atoms with van der Waals surface area (Å²) >= 11 is -0.106. The van der Waals surface area contributed by atoms with E-state index in [1.807, 2.05) is 0 Å². The van der Waals surface area contributed by atoms with Gasteiger partial charge in [0.05, 0.1) is 35.0 Å². The van der Waals surface area contributed by atoms with Crippen LogP contribution < -0.4 is 0 Å². The Morgan fingerprint density at radius 3 is 1.06 bits per heavy atom. The van der Waals surface area contributed by atoms with E-state index < -0.39 is 0 Å². The number of hydrogen-bond donors (Lipinski definition) is 0. The summed E-state index contributed by atoms with van der Waals surface area (Å²) in [5.74, 6) is 1.83. The molecule has 0 spiro atoms. The number of halogens is 2. The molecule has 5 heteroatoms. The third-order valence-electron chi connectivity index (χ3n) is 7.79. The molecule has 0 unspecified atom stereocenters. The second-order valence-electron chi connectivity index (χ2n) is 11.9. The summed E-state index contributed by atoms with van der Waals surface area (Å²) in [6.45, 7) is 19.2. The van der Waals surface area contributed by atoms with Gasteiger partial charge in [-0.1, -0.05) is 62.8 Å². The van der Waals surface area contributed by atoms with Crippen LogP contribution in [0.4, 0.5) is 0 Å². The van der Waals surface area contributed by atoms with Crippen LogP contribution in [0.15, 0.2) is 24.3 Å². The van der Waals surface area contributed by atoms with Gasteiger partial charge in [-0.2, -0.15) is 0 Å². The predicted molar refractivity (Wildman–Crippen MR) is 170 cm³/mol. The fourth-order valence-corrected chi connectivity index (χ4v) is 11.1. The maximum absolute atomic E-state index is 4.81. The molecule has 0 N–H and O–H groups in total. The molecular formula is C30H60Cl2P2Pd+2. The molecule has 2 rings (SSSR count). The molecule has 0 radical (unpaired) electrons. The van der Waals surface area contributed by atoms with Crippen molar-refractivity contribution in [2.24, 2.45) is 11.8 Å². The van der Waals surface area contributed by atoms with Crippen molar-refractivity contribution in [3.8, 4) is 0 Å². The Labute approximate surface area is 240 Å². The molecule has 2 aliphatic rings. The van der Waals surface area contributed by atoms with E-state index in [1.165, 1.54) is 76.5 Å². The molecule has 0 saturated heterocycles. The summed E-state index contributed by atoms with van der Waals surface area (Å²) < 4.78 is 0. The van der Waals surface area contributed by atoms with E-state index in [0.29, 0.717) is 0 Å². The van der Waals surface area contributed by atoms with E-state index in [0.717, 1.165) is 34.5 Å². The Balaban J connectivity index is 0.000000594. The van der Waals surface area contributed by atoms with E-state index >= 15 is 0 Å². The van der Waals surface area contributed by atoms with Gasteiger partial charge in [-0.15, -0.1) is 0 Å². The van der Waals surface area contributed by atoms with Crippen molar-refractivity contribution in [3.63, 3.8) is 0 Å². The van der Waals surface area contributed by atoms with Gasteiger partial charge in [-0.25, -0.2) is 0 Å². The molecule has 0 atom stereocenters. The van der Waals surface area contributed by atoms with Crippen LogP contribution in [-0.2, 0) is 15.9 Å². The molecule has 35 heavy (non-hydrogen) atoms. The SMILES string of the molecule is CC(C)[PH+](CC=CC1CCCCC1)C(C)C.CC(C)[PH+](CC=CC1CCCCC1)C(C)C.[Cl][Pd][Cl]. The Hall–Kier alpha value is 1.58. The molecule has 2 aliphatic carbocycles. The van der Waals surface area contributed by atoms with Crippen LogP contribution in [0.1, 0.15) is 120 Å². The van der Waals surface area contributed by atoms with Gasteiger partial charge in [0.2, 0.25) is 0 Å². The minimum absolute atomic E-state index is 0.106. The van der Waals surface area contributed by atoms with Gasteiger partial charge in [-0.3, -0.25) is 0 Å².